The minimum atomic E-state index is 0.172. The van der Waals surface area contributed by atoms with Crippen LogP contribution in [0.15, 0.2) is 58.3 Å². The maximum absolute atomic E-state index is 2.39. The number of rotatable bonds is 6. The number of hydrogen-bond donors (Lipinski definition) is 0. The molecule has 0 heterocycles. The predicted octanol–water partition coefficient (Wildman–Crippen LogP) is 9.27. The van der Waals surface area contributed by atoms with Crippen molar-refractivity contribution in [3.05, 3.63) is 59.7 Å². The third-order valence-corrected chi connectivity index (χ3v) is 6.39. The fourth-order valence-corrected chi connectivity index (χ4v) is 5.89. The van der Waals surface area contributed by atoms with Crippen molar-refractivity contribution in [2.24, 2.45) is 10.8 Å². The van der Waals surface area contributed by atoms with E-state index in [1.807, 2.05) is 11.8 Å². The summed E-state index contributed by atoms with van der Waals surface area (Å²) in [4.78, 5) is 2.66. The van der Waals surface area contributed by atoms with Crippen LogP contribution in [-0.4, -0.2) is 0 Å². The minimum absolute atomic E-state index is 0.172. The molecule has 2 rings (SSSR count). The molecule has 29 heavy (non-hydrogen) atoms. The van der Waals surface area contributed by atoms with Crippen molar-refractivity contribution in [2.45, 2.75) is 103 Å². The van der Waals surface area contributed by atoms with Crippen LogP contribution in [0.4, 0.5) is 0 Å². The third kappa shape index (κ3) is 7.52. The Labute approximate surface area is 184 Å². The molecule has 0 aliphatic carbocycles. The van der Waals surface area contributed by atoms with Gasteiger partial charge in [-0.2, -0.15) is 0 Å². The predicted molar refractivity (Wildman–Crippen MR) is 131 cm³/mol. The first-order valence-electron chi connectivity index (χ1n) is 11.0. The SMILES string of the molecule is CC(C)(C)CC(C)(C)c1cccc(Sc2cccc(C(C)(C)CC(C)(C)C)c2)c1. The largest absolute Gasteiger partial charge is 0.0901 e. The zero-order valence-corrected chi connectivity index (χ0v) is 21.3. The highest BCUT2D eigenvalue weighted by Gasteiger charge is 2.28. The first-order chi connectivity index (χ1) is 13.1. The van der Waals surface area contributed by atoms with E-state index in [2.05, 4.69) is 118 Å². The van der Waals surface area contributed by atoms with E-state index in [1.165, 1.54) is 33.8 Å². The molecule has 0 fully saturated rings. The molecule has 0 aliphatic heterocycles. The molecule has 0 atom stereocenters. The molecule has 0 aliphatic rings. The highest BCUT2D eigenvalue weighted by atomic mass is 32.2. The second kappa shape index (κ2) is 8.50. The fraction of sp³-hybridized carbons (Fsp3) is 0.571. The number of benzene rings is 2. The molecule has 2 aromatic carbocycles. The van der Waals surface area contributed by atoms with Crippen molar-refractivity contribution in [3.63, 3.8) is 0 Å². The Kier molecular flexibility index (Phi) is 7.05. The molecule has 2 aromatic rings. The normalized spacial score (nSPS) is 13.6. The maximum atomic E-state index is 2.39. The minimum Gasteiger partial charge on any atom is -0.0901 e. The standard InChI is InChI=1S/C28H42S/c1-25(2,3)19-27(7,8)21-13-11-15-23(17-21)29-24-16-12-14-22(18-24)28(9,10)20-26(4,5)6/h11-18H,19-20H2,1-10H3. The van der Waals surface area contributed by atoms with E-state index in [4.69, 9.17) is 0 Å². The van der Waals surface area contributed by atoms with Gasteiger partial charge in [-0.15, -0.1) is 0 Å². The lowest BCUT2D eigenvalue weighted by Gasteiger charge is -2.33. The Morgan fingerprint density at radius 2 is 0.897 bits per heavy atom. The van der Waals surface area contributed by atoms with Crippen LogP contribution in [0.1, 0.15) is 93.2 Å². The molecule has 0 saturated carbocycles. The van der Waals surface area contributed by atoms with E-state index in [-0.39, 0.29) is 10.8 Å². The first-order valence-corrected chi connectivity index (χ1v) is 11.8. The summed E-state index contributed by atoms with van der Waals surface area (Å²) in [7, 11) is 0. The van der Waals surface area contributed by atoms with Crippen LogP contribution < -0.4 is 0 Å². The van der Waals surface area contributed by atoms with Crippen LogP contribution in [0.5, 0.6) is 0 Å². The van der Waals surface area contributed by atoms with Gasteiger partial charge in [0.05, 0.1) is 0 Å². The van der Waals surface area contributed by atoms with Gasteiger partial charge in [0.1, 0.15) is 0 Å². The second-order valence-electron chi connectivity index (χ2n) is 12.4. The summed E-state index contributed by atoms with van der Waals surface area (Å²) in [5, 5.41) is 0. The van der Waals surface area contributed by atoms with Crippen LogP contribution in [0.25, 0.3) is 0 Å². The molecule has 1 heteroatoms. The van der Waals surface area contributed by atoms with Gasteiger partial charge in [0.25, 0.3) is 0 Å². The van der Waals surface area contributed by atoms with Gasteiger partial charge >= 0.3 is 0 Å². The van der Waals surface area contributed by atoms with Crippen molar-refractivity contribution in [3.8, 4) is 0 Å². The molecule has 0 amide bonds. The fourth-order valence-electron chi connectivity index (χ4n) is 4.95. The highest BCUT2D eigenvalue weighted by molar-refractivity contribution is 7.99. The lowest BCUT2D eigenvalue weighted by Crippen LogP contribution is -2.24. The smallest absolute Gasteiger partial charge is 0.0125 e. The van der Waals surface area contributed by atoms with Crippen LogP contribution in [-0.2, 0) is 10.8 Å². The van der Waals surface area contributed by atoms with Crippen molar-refractivity contribution < 1.29 is 0 Å². The Bertz CT molecular complexity index is 743. The van der Waals surface area contributed by atoms with Gasteiger partial charge in [0, 0.05) is 9.79 Å². The van der Waals surface area contributed by atoms with Crippen molar-refractivity contribution in [1.29, 1.82) is 0 Å². The Morgan fingerprint density at radius 3 is 1.21 bits per heavy atom. The van der Waals surface area contributed by atoms with E-state index in [0.29, 0.717) is 10.8 Å². The monoisotopic (exact) mass is 410 g/mol. The molecule has 0 radical (unpaired) electrons. The van der Waals surface area contributed by atoms with Crippen LogP contribution in [0.2, 0.25) is 0 Å². The van der Waals surface area contributed by atoms with Crippen molar-refractivity contribution in [2.75, 3.05) is 0 Å². The molecule has 0 aromatic heterocycles. The van der Waals surface area contributed by atoms with Crippen molar-refractivity contribution in [1.82, 2.24) is 0 Å². The second-order valence-corrected chi connectivity index (χ2v) is 13.5. The molecule has 0 bridgehead atoms. The number of hydrogen-bond acceptors (Lipinski definition) is 1. The van der Waals surface area contributed by atoms with Gasteiger partial charge in [-0.3, -0.25) is 0 Å². The average molecular weight is 411 g/mol. The molecular weight excluding hydrogens is 368 g/mol. The zero-order chi connectivity index (χ0) is 22.1. The van der Waals surface area contributed by atoms with E-state index in [1.54, 1.807) is 0 Å². The van der Waals surface area contributed by atoms with E-state index < -0.39 is 0 Å². The molecule has 0 N–H and O–H groups in total. The van der Waals surface area contributed by atoms with Crippen LogP contribution in [0.3, 0.4) is 0 Å². The average Bonchev–Trinajstić information content (AvgIpc) is 2.51. The topological polar surface area (TPSA) is 0 Å². The summed E-state index contributed by atoms with van der Waals surface area (Å²) in [6.45, 7) is 23.5. The summed E-state index contributed by atoms with van der Waals surface area (Å²) < 4.78 is 0. The summed E-state index contributed by atoms with van der Waals surface area (Å²) in [6, 6.07) is 18.3. The summed E-state index contributed by atoms with van der Waals surface area (Å²) in [6.07, 6.45) is 2.34. The molecule has 160 valence electrons. The molecule has 0 spiro atoms. The molecule has 0 saturated heterocycles. The van der Waals surface area contributed by atoms with Gasteiger partial charge in [0.15, 0.2) is 0 Å². The Balaban J connectivity index is 2.25. The summed E-state index contributed by atoms with van der Waals surface area (Å²) >= 11 is 1.88. The van der Waals surface area contributed by atoms with E-state index in [0.717, 1.165) is 0 Å². The first kappa shape index (κ1) is 24.1. The Morgan fingerprint density at radius 1 is 0.552 bits per heavy atom. The van der Waals surface area contributed by atoms with Crippen molar-refractivity contribution >= 4 is 11.8 Å². The summed E-state index contributed by atoms with van der Waals surface area (Å²) in [5.41, 5.74) is 3.85. The van der Waals surface area contributed by atoms with Crippen LogP contribution in [0, 0.1) is 10.8 Å². The molecule has 0 unspecified atom stereocenters. The van der Waals surface area contributed by atoms with Gasteiger partial charge in [-0.25, -0.2) is 0 Å². The summed E-state index contributed by atoms with van der Waals surface area (Å²) in [5.74, 6) is 0. The van der Waals surface area contributed by atoms with Gasteiger partial charge < -0.3 is 0 Å². The van der Waals surface area contributed by atoms with Gasteiger partial charge in [0.2, 0.25) is 0 Å². The van der Waals surface area contributed by atoms with Crippen LogP contribution >= 0.6 is 11.8 Å². The Hall–Kier alpha value is -1.21. The van der Waals surface area contributed by atoms with E-state index in [9.17, 15) is 0 Å². The van der Waals surface area contributed by atoms with E-state index >= 15 is 0 Å². The quantitative estimate of drug-likeness (QED) is 0.457. The lowest BCUT2D eigenvalue weighted by atomic mass is 9.72. The molecular formula is C28H42S. The highest BCUT2D eigenvalue weighted by Crippen LogP contribution is 2.40. The third-order valence-electron chi connectivity index (χ3n) is 5.41. The molecule has 0 nitrogen and oxygen atoms in total. The van der Waals surface area contributed by atoms with Gasteiger partial charge in [-0.05, 0) is 69.9 Å². The zero-order valence-electron chi connectivity index (χ0n) is 20.4. The lowest BCUT2D eigenvalue weighted by molar-refractivity contribution is 0.283. The van der Waals surface area contributed by atoms with Gasteiger partial charge in [-0.1, -0.05) is 105 Å². The maximum Gasteiger partial charge on any atom is 0.0125 e.